The lowest BCUT2D eigenvalue weighted by Gasteiger charge is -2.05. The first-order valence-electron chi connectivity index (χ1n) is 6.01. The molecule has 0 heterocycles. The predicted molar refractivity (Wildman–Crippen MR) is 71.6 cm³/mol. The molecule has 1 aromatic carbocycles. The molecule has 0 spiro atoms. The molecule has 0 aliphatic carbocycles. The lowest BCUT2D eigenvalue weighted by molar-refractivity contribution is -0.387. The van der Waals surface area contributed by atoms with Gasteiger partial charge in [-0.3, -0.25) is 10.1 Å². The first-order valence-corrected chi connectivity index (χ1v) is 6.38. The zero-order chi connectivity index (χ0) is 15.1. The standard InChI is InChI=1S/C12H14ClFN2O4/c13-9-7-10(14)11(16(19)20)6-8(9)4-2-1-3-5-15-12(17)18/h6-7,15H,1-5H2,(H,17,18). The van der Waals surface area contributed by atoms with Crippen LogP contribution in [0.2, 0.25) is 5.02 Å². The fraction of sp³-hybridized carbons (Fsp3) is 0.417. The van der Waals surface area contributed by atoms with Crippen molar-refractivity contribution in [1.82, 2.24) is 5.32 Å². The van der Waals surface area contributed by atoms with Gasteiger partial charge in [-0.15, -0.1) is 0 Å². The van der Waals surface area contributed by atoms with Crippen molar-refractivity contribution < 1.29 is 19.2 Å². The van der Waals surface area contributed by atoms with E-state index in [4.69, 9.17) is 16.7 Å². The third-order valence-electron chi connectivity index (χ3n) is 2.71. The Bertz CT molecular complexity index is 510. The van der Waals surface area contributed by atoms with Crippen LogP contribution in [0.4, 0.5) is 14.9 Å². The quantitative estimate of drug-likeness (QED) is 0.459. The molecule has 0 saturated carbocycles. The molecule has 6 nitrogen and oxygen atoms in total. The highest BCUT2D eigenvalue weighted by Crippen LogP contribution is 2.27. The molecule has 0 atom stereocenters. The first kappa shape index (κ1) is 16.2. The number of unbranched alkanes of at least 4 members (excludes halogenated alkanes) is 2. The van der Waals surface area contributed by atoms with Crippen LogP contribution in [0.15, 0.2) is 12.1 Å². The van der Waals surface area contributed by atoms with Gasteiger partial charge in [-0.2, -0.15) is 4.39 Å². The minimum atomic E-state index is -1.07. The summed E-state index contributed by atoms with van der Waals surface area (Å²) in [6.07, 6.45) is 1.49. The maximum Gasteiger partial charge on any atom is 0.404 e. The Morgan fingerprint density at radius 2 is 2.10 bits per heavy atom. The number of rotatable bonds is 7. The summed E-state index contributed by atoms with van der Waals surface area (Å²) in [7, 11) is 0. The maximum atomic E-state index is 13.3. The van der Waals surface area contributed by atoms with Crippen molar-refractivity contribution in [1.29, 1.82) is 0 Å². The van der Waals surface area contributed by atoms with Crippen molar-refractivity contribution in [2.75, 3.05) is 6.54 Å². The molecule has 0 unspecified atom stereocenters. The monoisotopic (exact) mass is 304 g/mol. The van der Waals surface area contributed by atoms with Crippen LogP contribution >= 0.6 is 11.6 Å². The fourth-order valence-corrected chi connectivity index (χ4v) is 1.97. The number of nitrogens with one attached hydrogen (secondary N) is 1. The van der Waals surface area contributed by atoms with Crippen LogP contribution in [0, 0.1) is 15.9 Å². The number of nitro benzene ring substituents is 1. The van der Waals surface area contributed by atoms with Gasteiger partial charge in [0.25, 0.3) is 0 Å². The Morgan fingerprint density at radius 3 is 2.70 bits per heavy atom. The lowest BCUT2D eigenvalue weighted by Crippen LogP contribution is -2.21. The summed E-state index contributed by atoms with van der Waals surface area (Å²) in [6.45, 7) is 0.354. The minimum Gasteiger partial charge on any atom is -0.465 e. The highest BCUT2D eigenvalue weighted by Gasteiger charge is 2.17. The Hall–Kier alpha value is -1.89. The van der Waals surface area contributed by atoms with E-state index in [9.17, 15) is 19.3 Å². The molecule has 1 aromatic rings. The van der Waals surface area contributed by atoms with Gasteiger partial charge in [-0.05, 0) is 30.9 Å². The van der Waals surface area contributed by atoms with Crippen molar-refractivity contribution in [3.8, 4) is 0 Å². The third-order valence-corrected chi connectivity index (χ3v) is 3.06. The van der Waals surface area contributed by atoms with Crippen molar-refractivity contribution >= 4 is 23.4 Å². The molecule has 2 N–H and O–H groups in total. The number of hydrogen-bond acceptors (Lipinski definition) is 3. The van der Waals surface area contributed by atoms with Gasteiger partial charge in [-0.25, -0.2) is 4.79 Å². The summed E-state index contributed by atoms with van der Waals surface area (Å²) in [5, 5.41) is 21.4. The van der Waals surface area contributed by atoms with Gasteiger partial charge in [0, 0.05) is 17.6 Å². The summed E-state index contributed by atoms with van der Waals surface area (Å²) in [6, 6.07) is 2.09. The predicted octanol–water partition coefficient (Wildman–Crippen LogP) is 3.37. The molecule has 8 heteroatoms. The number of hydrogen-bond donors (Lipinski definition) is 2. The molecule has 0 fully saturated rings. The van der Waals surface area contributed by atoms with E-state index < -0.39 is 22.5 Å². The summed E-state index contributed by atoms with van der Waals surface area (Å²) < 4.78 is 13.3. The molecule has 0 aliphatic rings. The van der Waals surface area contributed by atoms with E-state index in [2.05, 4.69) is 5.32 Å². The number of aryl methyl sites for hydroxylation is 1. The maximum absolute atomic E-state index is 13.3. The van der Waals surface area contributed by atoms with Crippen LogP contribution in [0.25, 0.3) is 0 Å². The second kappa shape index (κ2) is 7.64. The number of halogens is 2. The SMILES string of the molecule is O=C(O)NCCCCCc1cc([N+](=O)[O-])c(F)cc1Cl. The van der Waals surface area contributed by atoms with Crippen LogP contribution in [0.3, 0.4) is 0 Å². The van der Waals surface area contributed by atoms with Crippen molar-refractivity contribution in [2.24, 2.45) is 0 Å². The van der Waals surface area contributed by atoms with Gasteiger partial charge in [0.15, 0.2) is 0 Å². The smallest absolute Gasteiger partial charge is 0.404 e. The normalized spacial score (nSPS) is 10.3. The van der Waals surface area contributed by atoms with E-state index in [0.717, 1.165) is 18.6 Å². The number of nitro groups is 1. The van der Waals surface area contributed by atoms with Crippen molar-refractivity contribution in [3.63, 3.8) is 0 Å². The molecule has 0 saturated heterocycles. The van der Waals surface area contributed by atoms with Crippen molar-refractivity contribution in [2.45, 2.75) is 25.7 Å². The van der Waals surface area contributed by atoms with Gasteiger partial charge >= 0.3 is 11.8 Å². The molecular weight excluding hydrogens is 291 g/mol. The average molecular weight is 305 g/mol. The molecular formula is C12H14ClFN2O4. The molecule has 0 radical (unpaired) electrons. The molecule has 1 rings (SSSR count). The molecule has 110 valence electrons. The third kappa shape index (κ3) is 5.00. The Morgan fingerprint density at radius 1 is 1.40 bits per heavy atom. The molecule has 20 heavy (non-hydrogen) atoms. The highest BCUT2D eigenvalue weighted by molar-refractivity contribution is 6.31. The Kier molecular flexibility index (Phi) is 6.17. The van der Waals surface area contributed by atoms with Gasteiger partial charge in [0.2, 0.25) is 5.82 Å². The van der Waals surface area contributed by atoms with E-state index in [0.29, 0.717) is 31.4 Å². The van der Waals surface area contributed by atoms with Gasteiger partial charge < -0.3 is 10.4 Å². The molecule has 1 amide bonds. The van der Waals surface area contributed by atoms with E-state index >= 15 is 0 Å². The summed E-state index contributed by atoms with van der Waals surface area (Å²) in [5.41, 5.74) is -0.0668. The Balaban J connectivity index is 2.49. The van der Waals surface area contributed by atoms with Crippen molar-refractivity contribution in [3.05, 3.63) is 38.7 Å². The highest BCUT2D eigenvalue weighted by atomic mass is 35.5. The summed E-state index contributed by atoms with van der Waals surface area (Å²) >= 11 is 5.84. The summed E-state index contributed by atoms with van der Waals surface area (Å²) in [4.78, 5) is 20.0. The number of carboxylic acid groups (broad SMARTS) is 1. The van der Waals surface area contributed by atoms with Gasteiger partial charge in [0.05, 0.1) is 4.92 Å². The minimum absolute atomic E-state index is 0.164. The van der Waals surface area contributed by atoms with Gasteiger partial charge in [-0.1, -0.05) is 18.0 Å². The van der Waals surface area contributed by atoms with E-state index in [1.807, 2.05) is 0 Å². The summed E-state index contributed by atoms with van der Waals surface area (Å²) in [5.74, 6) is -0.950. The van der Waals surface area contributed by atoms with Gasteiger partial charge in [0.1, 0.15) is 0 Å². The second-order valence-corrected chi connectivity index (χ2v) is 4.60. The first-order chi connectivity index (χ1) is 9.41. The second-order valence-electron chi connectivity index (χ2n) is 4.19. The zero-order valence-electron chi connectivity index (χ0n) is 10.6. The van der Waals surface area contributed by atoms with E-state index in [1.54, 1.807) is 0 Å². The molecule has 0 bridgehead atoms. The van der Waals surface area contributed by atoms with E-state index in [1.165, 1.54) is 0 Å². The number of amides is 1. The fourth-order valence-electron chi connectivity index (χ4n) is 1.72. The van der Waals surface area contributed by atoms with Crippen LogP contribution in [0.1, 0.15) is 24.8 Å². The molecule has 0 aliphatic heterocycles. The van der Waals surface area contributed by atoms with Crippen LogP contribution in [0.5, 0.6) is 0 Å². The number of benzene rings is 1. The molecule has 0 aromatic heterocycles. The van der Waals surface area contributed by atoms with E-state index in [-0.39, 0.29) is 5.02 Å². The number of carbonyl (C=O) groups is 1. The largest absolute Gasteiger partial charge is 0.465 e. The number of nitrogens with zero attached hydrogens (tertiary/aromatic N) is 1. The average Bonchev–Trinajstić information content (AvgIpc) is 2.34. The van der Waals surface area contributed by atoms with Crippen LogP contribution < -0.4 is 5.32 Å². The van der Waals surface area contributed by atoms with Crippen LogP contribution in [-0.2, 0) is 6.42 Å². The topological polar surface area (TPSA) is 92.5 Å². The Labute approximate surface area is 119 Å². The zero-order valence-corrected chi connectivity index (χ0v) is 11.3. The van der Waals surface area contributed by atoms with Crippen LogP contribution in [-0.4, -0.2) is 22.7 Å². The lowest BCUT2D eigenvalue weighted by atomic mass is 10.1.